The van der Waals surface area contributed by atoms with E-state index in [1.807, 2.05) is 0 Å². The first-order valence-electron chi connectivity index (χ1n) is 23.4. The molecule has 1 spiro atoms. The van der Waals surface area contributed by atoms with Crippen molar-refractivity contribution in [3.63, 3.8) is 0 Å². The van der Waals surface area contributed by atoms with Crippen molar-refractivity contribution in [2.24, 2.45) is 0 Å². The number of fused-ring (bicyclic) bond motifs is 22. The van der Waals surface area contributed by atoms with E-state index in [9.17, 15) is 0 Å². The summed E-state index contributed by atoms with van der Waals surface area (Å²) in [4.78, 5) is 0. The van der Waals surface area contributed by atoms with Crippen molar-refractivity contribution >= 4 is 53.9 Å². The lowest BCUT2D eigenvalue weighted by atomic mass is 9.68. The summed E-state index contributed by atoms with van der Waals surface area (Å²) in [5.41, 5.74) is 20.8. The zero-order chi connectivity index (χ0) is 43.5. The highest BCUT2D eigenvalue weighted by atomic mass is 14.5. The topological polar surface area (TPSA) is 0 Å². The third-order valence-corrected chi connectivity index (χ3v) is 16.0. The SMILES string of the molecule is CC1(C)c2ccccc2-c2ccc(-c3c4ccccc4c(-c4cc5c(c6ccccc46)-c4c(c6ccccc6c6ccccc46)C54c5ccccc5-c5ccccc54)c4ccccc34)cc21. The predicted octanol–water partition coefficient (Wildman–Crippen LogP) is 17.4. The molecular formula is C66H42. The smallest absolute Gasteiger partial charge is 0.0619 e. The summed E-state index contributed by atoms with van der Waals surface area (Å²) >= 11 is 0. The standard InChI is InChI=1S/C66H42/c1-65(2)55-32-16-13-22-43(55)46-36-35-39(37-58(46)65)60-49-27-8-10-29-51(49)61(52-30-11-9-28-50(52)60)54-38-59-62(47-25-6-4-21-42(47)54)63-48-26-7-3-19-40(48)41-20-5-12-31-53(41)64(63)66(59)56-33-17-14-23-44(56)45-24-15-18-34-57(45)66/h3-38H,1-2H3. The maximum absolute atomic E-state index is 2.64. The largest absolute Gasteiger partial charge is 0.0732 e. The van der Waals surface area contributed by atoms with Crippen LogP contribution >= 0.6 is 0 Å². The van der Waals surface area contributed by atoms with Crippen molar-refractivity contribution in [2.75, 3.05) is 0 Å². The Balaban J connectivity index is 1.10. The van der Waals surface area contributed by atoms with Crippen LogP contribution in [0.25, 0.3) is 109 Å². The fourth-order valence-corrected chi connectivity index (χ4v) is 13.5. The number of benzene rings is 12. The summed E-state index contributed by atoms with van der Waals surface area (Å²) in [5.74, 6) is 0. The second kappa shape index (κ2) is 12.8. The average Bonchev–Trinajstić information content (AvgIpc) is 3.94. The summed E-state index contributed by atoms with van der Waals surface area (Å²) in [7, 11) is 0. The zero-order valence-corrected chi connectivity index (χ0v) is 36.8. The van der Waals surface area contributed by atoms with Crippen LogP contribution in [0.3, 0.4) is 0 Å². The zero-order valence-electron chi connectivity index (χ0n) is 36.8. The monoisotopic (exact) mass is 834 g/mol. The van der Waals surface area contributed by atoms with E-state index in [0.29, 0.717) is 0 Å². The Morgan fingerprint density at radius 2 is 0.636 bits per heavy atom. The highest BCUT2D eigenvalue weighted by Crippen LogP contribution is 2.67. The molecule has 0 saturated heterocycles. The molecule has 12 aromatic rings. The molecule has 0 unspecified atom stereocenters. The number of rotatable bonds is 2. The molecule has 306 valence electrons. The molecule has 12 aromatic carbocycles. The highest BCUT2D eigenvalue weighted by Gasteiger charge is 2.53. The molecule has 0 aromatic heterocycles. The molecule has 66 heavy (non-hydrogen) atoms. The van der Waals surface area contributed by atoms with E-state index in [1.165, 1.54) is 143 Å². The molecule has 0 bridgehead atoms. The molecule has 0 heteroatoms. The Hall–Kier alpha value is -8.06. The summed E-state index contributed by atoms with van der Waals surface area (Å²) in [6.45, 7) is 4.77. The van der Waals surface area contributed by atoms with Gasteiger partial charge in [-0.25, -0.2) is 0 Å². The highest BCUT2D eigenvalue weighted by molar-refractivity contribution is 6.27. The second-order valence-electron chi connectivity index (χ2n) is 19.3. The van der Waals surface area contributed by atoms with E-state index in [0.717, 1.165) is 0 Å². The Bertz CT molecular complexity index is 4040. The minimum Gasteiger partial charge on any atom is -0.0619 e. The van der Waals surface area contributed by atoms with Crippen LogP contribution in [-0.4, -0.2) is 0 Å². The lowest BCUT2D eigenvalue weighted by Crippen LogP contribution is -2.26. The van der Waals surface area contributed by atoms with Crippen LogP contribution in [-0.2, 0) is 10.8 Å². The Morgan fingerprint density at radius 3 is 1.21 bits per heavy atom. The molecule has 0 heterocycles. The number of hydrogen-bond acceptors (Lipinski definition) is 0. The van der Waals surface area contributed by atoms with Crippen molar-refractivity contribution in [3.05, 3.63) is 252 Å². The van der Waals surface area contributed by atoms with Gasteiger partial charge in [0.1, 0.15) is 0 Å². The van der Waals surface area contributed by atoms with Crippen molar-refractivity contribution in [3.8, 4) is 55.6 Å². The van der Waals surface area contributed by atoms with E-state index in [2.05, 4.69) is 232 Å². The first kappa shape index (κ1) is 36.3. The number of hydrogen-bond donors (Lipinski definition) is 0. The second-order valence-corrected chi connectivity index (χ2v) is 19.3. The summed E-state index contributed by atoms with van der Waals surface area (Å²) in [5, 5.41) is 12.9. The van der Waals surface area contributed by atoms with E-state index >= 15 is 0 Å². The van der Waals surface area contributed by atoms with E-state index in [4.69, 9.17) is 0 Å². The van der Waals surface area contributed by atoms with Crippen LogP contribution in [0.5, 0.6) is 0 Å². The van der Waals surface area contributed by atoms with E-state index in [-0.39, 0.29) is 5.41 Å². The minimum atomic E-state index is -0.555. The summed E-state index contributed by atoms with van der Waals surface area (Å²) < 4.78 is 0. The normalized spacial score (nSPS) is 14.5. The summed E-state index contributed by atoms with van der Waals surface area (Å²) in [6.07, 6.45) is 0. The fraction of sp³-hybridized carbons (Fsp3) is 0.0606. The third-order valence-electron chi connectivity index (χ3n) is 16.0. The van der Waals surface area contributed by atoms with Crippen molar-refractivity contribution in [1.82, 2.24) is 0 Å². The van der Waals surface area contributed by atoms with Crippen LogP contribution in [0.15, 0.2) is 218 Å². The van der Waals surface area contributed by atoms with Crippen molar-refractivity contribution in [2.45, 2.75) is 24.7 Å². The van der Waals surface area contributed by atoms with Crippen molar-refractivity contribution in [1.29, 1.82) is 0 Å². The van der Waals surface area contributed by atoms with Gasteiger partial charge in [-0.1, -0.05) is 220 Å². The van der Waals surface area contributed by atoms with Gasteiger partial charge in [-0.3, -0.25) is 0 Å². The van der Waals surface area contributed by atoms with Gasteiger partial charge in [0.2, 0.25) is 0 Å². The van der Waals surface area contributed by atoms with Crippen LogP contribution in [0.4, 0.5) is 0 Å². The van der Waals surface area contributed by atoms with Crippen LogP contribution < -0.4 is 0 Å². The van der Waals surface area contributed by atoms with E-state index in [1.54, 1.807) is 0 Å². The minimum absolute atomic E-state index is 0.0987. The fourth-order valence-electron chi connectivity index (χ4n) is 13.5. The first-order chi connectivity index (χ1) is 32.5. The molecule has 0 fully saturated rings. The summed E-state index contributed by atoms with van der Waals surface area (Å²) in [6, 6.07) is 83.4. The third kappa shape index (κ3) is 4.35. The van der Waals surface area contributed by atoms with Gasteiger partial charge < -0.3 is 0 Å². The first-order valence-corrected chi connectivity index (χ1v) is 23.4. The molecule has 3 aliphatic carbocycles. The molecule has 0 amide bonds. The van der Waals surface area contributed by atoms with E-state index < -0.39 is 5.41 Å². The van der Waals surface area contributed by atoms with Gasteiger partial charge in [-0.2, -0.15) is 0 Å². The van der Waals surface area contributed by atoms with Gasteiger partial charge in [0, 0.05) is 5.41 Å². The van der Waals surface area contributed by atoms with Gasteiger partial charge in [0.05, 0.1) is 5.41 Å². The molecule has 0 nitrogen and oxygen atoms in total. The van der Waals surface area contributed by atoms with Crippen molar-refractivity contribution < 1.29 is 0 Å². The Morgan fingerprint density at radius 1 is 0.242 bits per heavy atom. The lowest BCUT2D eigenvalue weighted by molar-refractivity contribution is 0.660. The van der Waals surface area contributed by atoms with Gasteiger partial charge in [-0.05, 0) is 155 Å². The van der Waals surface area contributed by atoms with Crippen LogP contribution in [0.1, 0.15) is 47.2 Å². The molecule has 3 aliphatic rings. The Labute approximate surface area is 384 Å². The molecule has 0 atom stereocenters. The average molecular weight is 835 g/mol. The molecule has 15 rings (SSSR count). The molecule has 0 aliphatic heterocycles. The van der Waals surface area contributed by atoms with Crippen LogP contribution in [0.2, 0.25) is 0 Å². The predicted molar refractivity (Wildman–Crippen MR) is 279 cm³/mol. The van der Waals surface area contributed by atoms with Gasteiger partial charge in [0.25, 0.3) is 0 Å². The molecule has 0 saturated carbocycles. The maximum Gasteiger partial charge on any atom is 0.0732 e. The maximum atomic E-state index is 2.64. The van der Waals surface area contributed by atoms with Gasteiger partial charge in [0.15, 0.2) is 0 Å². The lowest BCUT2D eigenvalue weighted by Gasteiger charge is -2.32. The molecule has 0 N–H and O–H groups in total. The van der Waals surface area contributed by atoms with Crippen LogP contribution in [0, 0.1) is 0 Å². The molecular weight excluding hydrogens is 793 g/mol. The molecule has 0 radical (unpaired) electrons. The Kier molecular flexibility index (Phi) is 7.04. The quantitative estimate of drug-likeness (QED) is 0.120. The van der Waals surface area contributed by atoms with Gasteiger partial charge in [-0.15, -0.1) is 0 Å². The van der Waals surface area contributed by atoms with Gasteiger partial charge >= 0.3 is 0 Å².